The Morgan fingerprint density at radius 3 is 2.39 bits per heavy atom. The van der Waals surface area contributed by atoms with E-state index in [0.29, 0.717) is 6.42 Å². The number of thioether (sulfide) groups is 1. The van der Waals surface area contributed by atoms with E-state index in [9.17, 15) is 4.79 Å². The number of rotatable bonds is 7. The number of aryl methyl sites for hydroxylation is 1. The van der Waals surface area contributed by atoms with E-state index >= 15 is 0 Å². The molecule has 2 aromatic carbocycles. The Hall–Kier alpha value is -1.94. The maximum atomic E-state index is 12.0. The largest absolute Gasteiger partial charge is 0.497 e. The molecule has 0 unspecified atom stereocenters. The van der Waals surface area contributed by atoms with Crippen LogP contribution in [0.15, 0.2) is 53.4 Å². The molecule has 1 atom stereocenters. The number of carbonyl (C=O) groups excluding carboxylic acids is 1. The minimum Gasteiger partial charge on any atom is -0.497 e. The molecule has 0 saturated carbocycles. The summed E-state index contributed by atoms with van der Waals surface area (Å²) in [6.07, 6.45) is 0.513. The van der Waals surface area contributed by atoms with Gasteiger partial charge < -0.3 is 10.1 Å². The lowest BCUT2D eigenvalue weighted by Gasteiger charge is -2.14. The highest BCUT2D eigenvalue weighted by Crippen LogP contribution is 2.20. The predicted octanol–water partition coefficient (Wildman–Crippen LogP) is 4.36. The minimum atomic E-state index is -0.00205. The third kappa shape index (κ3) is 5.64. The van der Waals surface area contributed by atoms with Crippen molar-refractivity contribution in [3.8, 4) is 5.75 Å². The quantitative estimate of drug-likeness (QED) is 0.767. The first kappa shape index (κ1) is 17.4. The highest BCUT2D eigenvalue weighted by atomic mass is 32.2. The Bertz CT molecular complexity index is 623. The zero-order valence-corrected chi connectivity index (χ0v) is 14.7. The highest BCUT2D eigenvalue weighted by molar-refractivity contribution is 7.99. The summed E-state index contributed by atoms with van der Waals surface area (Å²) in [6.45, 7) is 4.06. The molecule has 1 amide bonds. The molecule has 2 aromatic rings. The summed E-state index contributed by atoms with van der Waals surface area (Å²) >= 11 is 1.71. The third-order valence-electron chi connectivity index (χ3n) is 3.61. The molecular formula is C19H23NO2S. The van der Waals surface area contributed by atoms with E-state index in [1.165, 1.54) is 10.5 Å². The SMILES string of the molecule is COc1ccc([C@@H](C)NC(=O)CCSc2ccc(C)cc2)cc1. The van der Waals surface area contributed by atoms with E-state index < -0.39 is 0 Å². The number of hydrogen-bond donors (Lipinski definition) is 1. The van der Waals surface area contributed by atoms with Crippen LogP contribution >= 0.6 is 11.8 Å². The first-order chi connectivity index (χ1) is 11.1. The van der Waals surface area contributed by atoms with Crippen molar-refractivity contribution in [2.45, 2.75) is 31.2 Å². The molecule has 0 saturated heterocycles. The van der Waals surface area contributed by atoms with Crippen LogP contribution in [-0.2, 0) is 4.79 Å². The number of benzene rings is 2. The van der Waals surface area contributed by atoms with Gasteiger partial charge in [-0.1, -0.05) is 29.8 Å². The molecule has 0 aromatic heterocycles. The standard InChI is InChI=1S/C19H23NO2S/c1-14-4-10-18(11-5-14)23-13-12-19(21)20-15(2)16-6-8-17(22-3)9-7-16/h4-11,15H,12-13H2,1-3H3,(H,20,21)/t15-/m1/s1. The van der Waals surface area contributed by atoms with Crippen LogP contribution in [0.25, 0.3) is 0 Å². The van der Waals surface area contributed by atoms with Gasteiger partial charge in [0.2, 0.25) is 5.91 Å². The van der Waals surface area contributed by atoms with Crippen LogP contribution in [0.1, 0.15) is 30.5 Å². The highest BCUT2D eigenvalue weighted by Gasteiger charge is 2.09. The van der Waals surface area contributed by atoms with Crippen LogP contribution in [0, 0.1) is 6.92 Å². The predicted molar refractivity (Wildman–Crippen MR) is 96.1 cm³/mol. The van der Waals surface area contributed by atoms with E-state index in [-0.39, 0.29) is 11.9 Å². The molecule has 23 heavy (non-hydrogen) atoms. The number of methoxy groups -OCH3 is 1. The van der Waals surface area contributed by atoms with Gasteiger partial charge in [0.25, 0.3) is 0 Å². The second-order valence-electron chi connectivity index (χ2n) is 5.47. The van der Waals surface area contributed by atoms with Crippen LogP contribution in [-0.4, -0.2) is 18.8 Å². The van der Waals surface area contributed by atoms with Gasteiger partial charge in [0, 0.05) is 17.1 Å². The second kappa shape index (κ2) is 8.63. The zero-order chi connectivity index (χ0) is 16.7. The number of hydrogen-bond acceptors (Lipinski definition) is 3. The number of carbonyl (C=O) groups is 1. The van der Waals surface area contributed by atoms with Crippen molar-refractivity contribution in [2.24, 2.45) is 0 Å². The lowest BCUT2D eigenvalue weighted by atomic mass is 10.1. The van der Waals surface area contributed by atoms with Gasteiger partial charge in [-0.25, -0.2) is 0 Å². The van der Waals surface area contributed by atoms with E-state index in [2.05, 4.69) is 36.5 Å². The van der Waals surface area contributed by atoms with Crippen LogP contribution in [0.2, 0.25) is 0 Å². The molecule has 4 heteroatoms. The topological polar surface area (TPSA) is 38.3 Å². The van der Waals surface area contributed by atoms with E-state index in [0.717, 1.165) is 17.1 Å². The van der Waals surface area contributed by atoms with Crippen molar-refractivity contribution >= 4 is 17.7 Å². The smallest absolute Gasteiger partial charge is 0.221 e. The fraction of sp³-hybridized carbons (Fsp3) is 0.316. The number of nitrogens with one attached hydrogen (secondary N) is 1. The summed E-state index contributed by atoms with van der Waals surface area (Å²) in [5.74, 6) is 1.68. The Labute approximate surface area is 142 Å². The monoisotopic (exact) mass is 329 g/mol. The number of amides is 1. The van der Waals surface area contributed by atoms with Gasteiger partial charge in [0.15, 0.2) is 0 Å². The van der Waals surface area contributed by atoms with E-state index in [1.54, 1.807) is 18.9 Å². The molecule has 0 aliphatic rings. The molecule has 1 N–H and O–H groups in total. The van der Waals surface area contributed by atoms with Crippen molar-refractivity contribution in [3.63, 3.8) is 0 Å². The zero-order valence-electron chi connectivity index (χ0n) is 13.8. The summed E-state index contributed by atoms with van der Waals surface area (Å²) in [4.78, 5) is 13.2. The van der Waals surface area contributed by atoms with Crippen molar-refractivity contribution in [1.29, 1.82) is 0 Å². The molecule has 122 valence electrons. The summed E-state index contributed by atoms with van der Waals surface area (Å²) in [5, 5.41) is 3.04. The molecule has 0 aliphatic carbocycles. The van der Waals surface area contributed by atoms with Crippen LogP contribution in [0.4, 0.5) is 0 Å². The van der Waals surface area contributed by atoms with Gasteiger partial charge in [-0.3, -0.25) is 4.79 Å². The summed E-state index contributed by atoms with van der Waals surface area (Å²) in [7, 11) is 1.64. The van der Waals surface area contributed by atoms with Crippen molar-refractivity contribution in [1.82, 2.24) is 5.32 Å². The Morgan fingerprint density at radius 2 is 1.78 bits per heavy atom. The van der Waals surface area contributed by atoms with Crippen LogP contribution < -0.4 is 10.1 Å². The molecule has 0 bridgehead atoms. The fourth-order valence-electron chi connectivity index (χ4n) is 2.19. The first-order valence-electron chi connectivity index (χ1n) is 7.71. The van der Waals surface area contributed by atoms with Crippen molar-refractivity contribution < 1.29 is 9.53 Å². The van der Waals surface area contributed by atoms with E-state index in [4.69, 9.17) is 4.74 Å². The summed E-state index contributed by atoms with van der Waals surface area (Å²) in [6, 6.07) is 16.1. The van der Waals surface area contributed by atoms with Gasteiger partial charge in [-0.15, -0.1) is 11.8 Å². The normalized spacial score (nSPS) is 11.8. The number of ether oxygens (including phenoxy) is 1. The van der Waals surface area contributed by atoms with Crippen molar-refractivity contribution in [3.05, 3.63) is 59.7 Å². The first-order valence-corrected chi connectivity index (χ1v) is 8.70. The molecule has 0 fully saturated rings. The van der Waals surface area contributed by atoms with Gasteiger partial charge in [-0.05, 0) is 43.7 Å². The molecule has 0 spiro atoms. The summed E-state index contributed by atoms with van der Waals surface area (Å²) in [5.41, 5.74) is 2.32. The Kier molecular flexibility index (Phi) is 6.53. The molecule has 0 radical (unpaired) electrons. The maximum absolute atomic E-state index is 12.0. The average Bonchev–Trinajstić information content (AvgIpc) is 2.56. The molecule has 3 nitrogen and oxygen atoms in total. The van der Waals surface area contributed by atoms with Gasteiger partial charge in [0.05, 0.1) is 13.2 Å². The Morgan fingerprint density at radius 1 is 1.13 bits per heavy atom. The molecular weight excluding hydrogens is 306 g/mol. The lowest BCUT2D eigenvalue weighted by Crippen LogP contribution is -2.26. The lowest BCUT2D eigenvalue weighted by molar-refractivity contribution is -0.121. The van der Waals surface area contributed by atoms with Crippen LogP contribution in [0.3, 0.4) is 0 Å². The van der Waals surface area contributed by atoms with Gasteiger partial charge in [-0.2, -0.15) is 0 Å². The van der Waals surface area contributed by atoms with E-state index in [1.807, 2.05) is 31.2 Å². The average molecular weight is 329 g/mol. The molecule has 0 heterocycles. The molecule has 0 aliphatic heterocycles. The molecule has 2 rings (SSSR count). The second-order valence-corrected chi connectivity index (χ2v) is 6.64. The van der Waals surface area contributed by atoms with Crippen LogP contribution in [0.5, 0.6) is 5.75 Å². The summed E-state index contributed by atoms with van der Waals surface area (Å²) < 4.78 is 5.14. The van der Waals surface area contributed by atoms with Crippen molar-refractivity contribution in [2.75, 3.05) is 12.9 Å². The minimum absolute atomic E-state index is 0.00205. The van der Waals surface area contributed by atoms with Gasteiger partial charge >= 0.3 is 0 Å². The Balaban J connectivity index is 1.76. The third-order valence-corrected chi connectivity index (χ3v) is 4.63. The fourth-order valence-corrected chi connectivity index (χ4v) is 3.04. The maximum Gasteiger partial charge on any atom is 0.221 e. The van der Waals surface area contributed by atoms with Gasteiger partial charge in [0.1, 0.15) is 5.75 Å².